The minimum Gasteiger partial charge on any atom is -0.342 e. The summed E-state index contributed by atoms with van der Waals surface area (Å²) in [7, 11) is 0. The van der Waals surface area contributed by atoms with Gasteiger partial charge in [0.15, 0.2) is 0 Å². The van der Waals surface area contributed by atoms with Gasteiger partial charge in [-0.05, 0) is 66.7 Å². The lowest BCUT2D eigenvalue weighted by Crippen LogP contribution is -2.40. The molecule has 3 aromatic carbocycles. The van der Waals surface area contributed by atoms with Gasteiger partial charge in [0.2, 0.25) is 5.91 Å². The van der Waals surface area contributed by atoms with Crippen LogP contribution in [0, 0.1) is 17.7 Å². The maximum Gasteiger partial charge on any atom is 0.256 e. The molecule has 3 fully saturated rings. The van der Waals surface area contributed by atoms with Gasteiger partial charge < -0.3 is 4.90 Å². The van der Waals surface area contributed by atoms with E-state index in [1.165, 1.54) is 6.07 Å². The van der Waals surface area contributed by atoms with Crippen molar-refractivity contribution in [1.29, 1.82) is 0 Å². The Bertz CT molecular complexity index is 1420. The highest BCUT2D eigenvalue weighted by atomic mass is 19.1. The van der Waals surface area contributed by atoms with E-state index in [1.807, 2.05) is 58.3 Å². The number of amides is 2. The number of fused-ring (bicyclic) bond motifs is 1. The van der Waals surface area contributed by atoms with Crippen LogP contribution in [0.2, 0.25) is 0 Å². The SMILES string of the molecule is O=C(C1CC1)N1CCC(CN2C(=O)C3(CC3)N=C2c2ccc(-c3ccc4cccc(F)c4c3)cc2)C1. The van der Waals surface area contributed by atoms with Gasteiger partial charge in [-0.25, -0.2) is 4.39 Å². The van der Waals surface area contributed by atoms with Crippen molar-refractivity contribution in [1.82, 2.24) is 9.80 Å². The third kappa shape index (κ3) is 3.62. The summed E-state index contributed by atoms with van der Waals surface area (Å²) in [5.41, 5.74) is 2.30. The zero-order chi connectivity index (χ0) is 24.4. The molecule has 1 saturated heterocycles. The van der Waals surface area contributed by atoms with Crippen molar-refractivity contribution in [2.75, 3.05) is 19.6 Å². The number of benzene rings is 3. The molecule has 1 spiro atoms. The quantitative estimate of drug-likeness (QED) is 0.514. The molecule has 3 aromatic rings. The predicted octanol–water partition coefficient (Wildman–Crippen LogP) is 5.03. The molecule has 2 amide bonds. The van der Waals surface area contributed by atoms with Gasteiger partial charge in [0.1, 0.15) is 17.2 Å². The fourth-order valence-corrected chi connectivity index (χ4v) is 5.75. The molecule has 0 aromatic heterocycles. The first-order chi connectivity index (χ1) is 17.5. The number of aliphatic imine (C=N–C) groups is 1. The normalized spacial score (nSPS) is 22.5. The van der Waals surface area contributed by atoms with Gasteiger partial charge in [0.25, 0.3) is 5.91 Å². The second-order valence-corrected chi connectivity index (χ2v) is 10.8. The number of hydrogen-bond acceptors (Lipinski definition) is 3. The van der Waals surface area contributed by atoms with Crippen LogP contribution in [0.15, 0.2) is 65.7 Å². The van der Waals surface area contributed by atoms with E-state index in [2.05, 4.69) is 0 Å². The highest BCUT2D eigenvalue weighted by molar-refractivity contribution is 6.16. The molecule has 0 N–H and O–H groups in total. The number of carbonyl (C=O) groups is 2. The van der Waals surface area contributed by atoms with Crippen LogP contribution in [0.3, 0.4) is 0 Å². The van der Waals surface area contributed by atoms with Gasteiger partial charge >= 0.3 is 0 Å². The summed E-state index contributed by atoms with van der Waals surface area (Å²) in [6.07, 6.45) is 4.59. The van der Waals surface area contributed by atoms with E-state index in [9.17, 15) is 14.0 Å². The van der Waals surface area contributed by atoms with Gasteiger partial charge in [-0.3, -0.25) is 19.5 Å². The number of rotatable bonds is 5. The molecule has 0 bridgehead atoms. The van der Waals surface area contributed by atoms with Crippen LogP contribution in [0.25, 0.3) is 21.9 Å². The topological polar surface area (TPSA) is 53.0 Å². The largest absolute Gasteiger partial charge is 0.342 e. The fourth-order valence-electron chi connectivity index (χ4n) is 5.75. The van der Waals surface area contributed by atoms with Gasteiger partial charge in [0.05, 0.1) is 0 Å². The van der Waals surface area contributed by atoms with Crippen LogP contribution >= 0.6 is 0 Å². The lowest BCUT2D eigenvalue weighted by molar-refractivity contribution is -0.131. The molecule has 0 radical (unpaired) electrons. The van der Waals surface area contributed by atoms with E-state index < -0.39 is 5.54 Å². The minimum atomic E-state index is -0.563. The molecule has 2 saturated carbocycles. The molecule has 2 aliphatic carbocycles. The van der Waals surface area contributed by atoms with Crippen LogP contribution < -0.4 is 0 Å². The van der Waals surface area contributed by atoms with Crippen molar-refractivity contribution < 1.29 is 14.0 Å². The summed E-state index contributed by atoms with van der Waals surface area (Å²) >= 11 is 0. The molecule has 1 unspecified atom stereocenters. The minimum absolute atomic E-state index is 0.110. The number of amidine groups is 1. The number of carbonyl (C=O) groups excluding carboxylic acids is 2. The smallest absolute Gasteiger partial charge is 0.256 e. The van der Waals surface area contributed by atoms with E-state index in [0.29, 0.717) is 17.8 Å². The fraction of sp³-hybridized carbons (Fsp3) is 0.367. The van der Waals surface area contributed by atoms with Crippen molar-refractivity contribution in [2.24, 2.45) is 16.8 Å². The molecule has 2 heterocycles. The van der Waals surface area contributed by atoms with Crippen molar-refractivity contribution in [3.05, 3.63) is 72.0 Å². The standard InChI is InChI=1S/C30H28FN3O2/c31-26-3-1-2-21-6-11-24(16-25(21)26)20-4-7-22(8-5-20)27-32-30(13-14-30)29(36)34(27)18-19-12-15-33(17-19)28(35)23-9-10-23/h1-8,11,16,19,23H,9-10,12-15,17-18H2. The van der Waals surface area contributed by atoms with Crippen molar-refractivity contribution in [3.63, 3.8) is 0 Å². The molecular formula is C30H28FN3O2. The van der Waals surface area contributed by atoms with Gasteiger partial charge in [-0.15, -0.1) is 0 Å². The third-order valence-electron chi connectivity index (χ3n) is 8.21. The Kier molecular flexibility index (Phi) is 4.82. The summed E-state index contributed by atoms with van der Waals surface area (Å²) in [6.45, 7) is 2.14. The number of nitrogens with zero attached hydrogens (tertiary/aromatic N) is 3. The first-order valence-electron chi connectivity index (χ1n) is 13.0. The van der Waals surface area contributed by atoms with Crippen molar-refractivity contribution >= 4 is 28.4 Å². The van der Waals surface area contributed by atoms with Crippen LogP contribution in [0.4, 0.5) is 4.39 Å². The summed E-state index contributed by atoms with van der Waals surface area (Å²) in [6, 6.07) is 19.0. The zero-order valence-corrected chi connectivity index (χ0v) is 20.1. The third-order valence-corrected chi connectivity index (χ3v) is 8.21. The van der Waals surface area contributed by atoms with E-state index in [0.717, 1.165) is 73.1 Å². The monoisotopic (exact) mass is 481 g/mol. The molecule has 5 nitrogen and oxygen atoms in total. The van der Waals surface area contributed by atoms with Crippen molar-refractivity contribution in [3.8, 4) is 11.1 Å². The number of halogens is 1. The highest BCUT2D eigenvalue weighted by Crippen LogP contribution is 2.46. The summed E-state index contributed by atoms with van der Waals surface area (Å²) < 4.78 is 14.3. The van der Waals surface area contributed by atoms with Crippen LogP contribution in [0.5, 0.6) is 0 Å². The number of hydrogen-bond donors (Lipinski definition) is 0. The molecule has 1 atom stereocenters. The second kappa shape index (κ2) is 7.99. The van der Waals surface area contributed by atoms with Gasteiger partial charge in [-0.2, -0.15) is 0 Å². The van der Waals surface area contributed by atoms with E-state index >= 15 is 0 Å². The molecule has 7 rings (SSSR count). The Hall–Kier alpha value is -3.54. The maximum absolute atomic E-state index is 14.3. The molecule has 6 heteroatoms. The predicted molar refractivity (Wildman–Crippen MR) is 137 cm³/mol. The molecule has 4 aliphatic rings. The summed E-state index contributed by atoms with van der Waals surface area (Å²) in [5.74, 6) is 1.45. The van der Waals surface area contributed by atoms with E-state index in [1.54, 1.807) is 6.07 Å². The van der Waals surface area contributed by atoms with Crippen LogP contribution in [-0.4, -0.2) is 52.6 Å². The summed E-state index contributed by atoms with van der Waals surface area (Å²) in [5, 5.41) is 1.49. The van der Waals surface area contributed by atoms with Crippen LogP contribution in [0.1, 0.15) is 37.7 Å². The average Bonchev–Trinajstić information content (AvgIpc) is 3.82. The van der Waals surface area contributed by atoms with Gasteiger partial charge in [-0.1, -0.05) is 48.5 Å². The van der Waals surface area contributed by atoms with Crippen molar-refractivity contribution in [2.45, 2.75) is 37.6 Å². The molecule has 36 heavy (non-hydrogen) atoms. The lowest BCUT2D eigenvalue weighted by atomic mass is 9.99. The van der Waals surface area contributed by atoms with Crippen LogP contribution in [-0.2, 0) is 9.59 Å². The first kappa shape index (κ1) is 21.7. The molecule has 2 aliphatic heterocycles. The molecule has 182 valence electrons. The van der Waals surface area contributed by atoms with E-state index in [-0.39, 0.29) is 23.6 Å². The van der Waals surface area contributed by atoms with E-state index in [4.69, 9.17) is 4.99 Å². The highest BCUT2D eigenvalue weighted by Gasteiger charge is 2.57. The maximum atomic E-state index is 14.3. The summed E-state index contributed by atoms with van der Waals surface area (Å²) in [4.78, 5) is 34.6. The molecular weight excluding hydrogens is 453 g/mol. The Morgan fingerprint density at radius 1 is 0.972 bits per heavy atom. The Morgan fingerprint density at radius 2 is 1.72 bits per heavy atom. The van der Waals surface area contributed by atoms with Gasteiger partial charge in [0, 0.05) is 36.5 Å². The zero-order valence-electron chi connectivity index (χ0n) is 20.1. The second-order valence-electron chi connectivity index (χ2n) is 10.8. The average molecular weight is 482 g/mol. The lowest BCUT2D eigenvalue weighted by Gasteiger charge is -2.23. The Balaban J connectivity index is 1.13. The first-order valence-corrected chi connectivity index (χ1v) is 13.0. The Morgan fingerprint density at radius 3 is 2.47 bits per heavy atom. The number of likely N-dealkylation sites (tertiary alicyclic amines) is 1. The Labute approximate surface area is 209 Å².